The van der Waals surface area contributed by atoms with Crippen molar-refractivity contribution < 1.29 is 14.6 Å². The Balaban J connectivity index is 1.33. The van der Waals surface area contributed by atoms with Crippen LogP contribution in [0.5, 0.6) is 11.5 Å². The predicted octanol–water partition coefficient (Wildman–Crippen LogP) is 5.02. The predicted molar refractivity (Wildman–Crippen MR) is 146 cm³/mol. The van der Waals surface area contributed by atoms with E-state index < -0.39 is 5.41 Å². The first-order valence-electron chi connectivity index (χ1n) is 11.9. The van der Waals surface area contributed by atoms with Gasteiger partial charge in [0.1, 0.15) is 23.3 Å². The summed E-state index contributed by atoms with van der Waals surface area (Å²) in [6.45, 7) is 6.16. The maximum absolute atomic E-state index is 12.3. The molecule has 3 N–H and O–H groups in total. The number of hydrogen-bond donors (Lipinski definition) is 3. The number of aryl methyl sites for hydroxylation is 1. The summed E-state index contributed by atoms with van der Waals surface area (Å²) < 4.78 is 13.6. The van der Waals surface area contributed by atoms with E-state index in [1.807, 2.05) is 66.3 Å². The molecular formula is C27H28N6O3S. The molecule has 9 nitrogen and oxygen atoms in total. The number of benzene rings is 2. The largest absolute Gasteiger partial charge is 0.456 e. The third kappa shape index (κ3) is 5.11. The number of nitrogens with zero attached hydrogens (tertiary/aromatic N) is 4. The maximum Gasteiger partial charge on any atom is 0.228 e. The van der Waals surface area contributed by atoms with Gasteiger partial charge in [-0.25, -0.2) is 9.97 Å². The molecule has 3 aromatic heterocycles. The fourth-order valence-electron chi connectivity index (χ4n) is 3.96. The van der Waals surface area contributed by atoms with Gasteiger partial charge < -0.3 is 25.0 Å². The zero-order valence-electron chi connectivity index (χ0n) is 20.9. The maximum atomic E-state index is 12.3. The summed E-state index contributed by atoms with van der Waals surface area (Å²) in [6, 6.07) is 13.8. The molecule has 0 saturated heterocycles. The van der Waals surface area contributed by atoms with E-state index in [2.05, 4.69) is 25.0 Å². The number of aliphatic hydroxyl groups excluding tert-OH is 1. The Morgan fingerprint density at radius 2 is 2.03 bits per heavy atom. The lowest BCUT2D eigenvalue weighted by Crippen LogP contribution is -2.40. The zero-order valence-corrected chi connectivity index (χ0v) is 21.7. The second kappa shape index (κ2) is 10.2. The van der Waals surface area contributed by atoms with E-state index in [0.29, 0.717) is 18.9 Å². The van der Waals surface area contributed by atoms with E-state index >= 15 is 0 Å². The third-order valence-electron chi connectivity index (χ3n) is 6.21. The Hall–Kier alpha value is -4.02. The van der Waals surface area contributed by atoms with Gasteiger partial charge in [0.2, 0.25) is 5.91 Å². The number of anilines is 2. The number of carbonyl (C=O) groups is 1. The van der Waals surface area contributed by atoms with Gasteiger partial charge in [0.25, 0.3) is 0 Å². The first-order valence-corrected chi connectivity index (χ1v) is 12.7. The SMILES string of the molecule is Cc1cc(Nc2ncnc3ccn(CCNC(=O)C(C)(C)CO)c23)ccc1Oc1cccc2sncc12. The Bertz CT molecular complexity index is 1580. The zero-order chi connectivity index (χ0) is 26.0. The van der Waals surface area contributed by atoms with Gasteiger partial charge >= 0.3 is 0 Å². The van der Waals surface area contributed by atoms with Crippen LogP contribution in [0.25, 0.3) is 21.1 Å². The Kier molecular flexibility index (Phi) is 6.77. The monoisotopic (exact) mass is 516 g/mol. The average Bonchev–Trinajstić information content (AvgIpc) is 3.54. The highest BCUT2D eigenvalue weighted by atomic mass is 32.1. The Morgan fingerprint density at radius 3 is 2.84 bits per heavy atom. The smallest absolute Gasteiger partial charge is 0.228 e. The van der Waals surface area contributed by atoms with Crippen molar-refractivity contribution in [2.75, 3.05) is 18.5 Å². The minimum Gasteiger partial charge on any atom is -0.456 e. The van der Waals surface area contributed by atoms with E-state index in [1.54, 1.807) is 13.8 Å². The van der Waals surface area contributed by atoms with Crippen molar-refractivity contribution in [2.45, 2.75) is 27.3 Å². The molecular weight excluding hydrogens is 488 g/mol. The summed E-state index contributed by atoms with van der Waals surface area (Å²) in [4.78, 5) is 21.2. The highest BCUT2D eigenvalue weighted by Crippen LogP contribution is 2.34. The van der Waals surface area contributed by atoms with Crippen LogP contribution in [0, 0.1) is 12.3 Å². The molecule has 5 rings (SSSR count). The van der Waals surface area contributed by atoms with E-state index in [0.717, 1.165) is 43.9 Å². The molecule has 0 unspecified atom stereocenters. The molecule has 37 heavy (non-hydrogen) atoms. The van der Waals surface area contributed by atoms with Crippen LogP contribution in [0.4, 0.5) is 11.5 Å². The summed E-state index contributed by atoms with van der Waals surface area (Å²) in [5, 5.41) is 16.7. The van der Waals surface area contributed by atoms with Crippen molar-refractivity contribution in [1.82, 2.24) is 24.2 Å². The highest BCUT2D eigenvalue weighted by molar-refractivity contribution is 7.13. The standard InChI is InChI=1S/C27H28N6O3S/c1-17-13-18(7-8-21(17)36-22-5-4-6-23-19(22)14-31-37-23)32-25-24-20(29-16-30-25)9-11-33(24)12-10-28-26(35)27(2,3)15-34/h4-9,11,13-14,16,34H,10,12,15H2,1-3H3,(H,28,35)(H,29,30,32). The molecule has 1 amide bonds. The summed E-state index contributed by atoms with van der Waals surface area (Å²) in [5.41, 5.74) is 2.66. The van der Waals surface area contributed by atoms with Crippen LogP contribution in [-0.4, -0.2) is 43.1 Å². The van der Waals surface area contributed by atoms with Gasteiger partial charge in [-0.2, -0.15) is 4.37 Å². The molecule has 190 valence electrons. The molecule has 0 spiro atoms. The van der Waals surface area contributed by atoms with Gasteiger partial charge in [0.05, 0.1) is 33.8 Å². The summed E-state index contributed by atoms with van der Waals surface area (Å²) in [5.74, 6) is 2.02. The quantitative estimate of drug-likeness (QED) is 0.252. The number of nitrogens with one attached hydrogen (secondary N) is 2. The normalized spacial score (nSPS) is 11.7. The number of rotatable bonds is 9. The van der Waals surface area contributed by atoms with Crippen molar-refractivity contribution in [2.24, 2.45) is 5.41 Å². The molecule has 0 fully saturated rings. The topological polar surface area (TPSA) is 114 Å². The fourth-order valence-corrected chi connectivity index (χ4v) is 4.63. The second-order valence-electron chi connectivity index (χ2n) is 9.46. The molecule has 0 bridgehead atoms. The molecule has 10 heteroatoms. The fraction of sp³-hybridized carbons (Fsp3) is 0.259. The first kappa shape index (κ1) is 24.7. The van der Waals surface area contributed by atoms with Crippen molar-refractivity contribution >= 4 is 50.1 Å². The van der Waals surface area contributed by atoms with Crippen molar-refractivity contribution in [1.29, 1.82) is 0 Å². The minimum atomic E-state index is -0.824. The summed E-state index contributed by atoms with van der Waals surface area (Å²) in [7, 11) is 0. The van der Waals surface area contributed by atoms with Gasteiger partial charge in [0.15, 0.2) is 5.82 Å². The van der Waals surface area contributed by atoms with Gasteiger partial charge in [-0.05, 0) is 74.3 Å². The molecule has 0 saturated carbocycles. The number of carbonyl (C=O) groups excluding carboxylic acids is 1. The van der Waals surface area contributed by atoms with Crippen LogP contribution >= 0.6 is 11.5 Å². The van der Waals surface area contributed by atoms with Crippen molar-refractivity contribution in [3.8, 4) is 11.5 Å². The van der Waals surface area contributed by atoms with Gasteiger partial charge in [0, 0.05) is 25.0 Å². The van der Waals surface area contributed by atoms with Crippen LogP contribution in [0.1, 0.15) is 19.4 Å². The lowest BCUT2D eigenvalue weighted by molar-refractivity contribution is -0.131. The van der Waals surface area contributed by atoms with Crippen LogP contribution in [-0.2, 0) is 11.3 Å². The number of ether oxygens (including phenoxy) is 1. The lowest BCUT2D eigenvalue weighted by atomic mass is 9.94. The number of fused-ring (bicyclic) bond motifs is 2. The van der Waals surface area contributed by atoms with Gasteiger partial charge in [-0.1, -0.05) is 6.07 Å². The molecule has 0 aliphatic carbocycles. The van der Waals surface area contributed by atoms with Crippen molar-refractivity contribution in [3.63, 3.8) is 0 Å². The van der Waals surface area contributed by atoms with E-state index in [9.17, 15) is 9.90 Å². The minimum absolute atomic E-state index is 0.189. The molecule has 0 aliphatic rings. The van der Waals surface area contributed by atoms with E-state index in [4.69, 9.17) is 4.74 Å². The van der Waals surface area contributed by atoms with Crippen LogP contribution < -0.4 is 15.4 Å². The second-order valence-corrected chi connectivity index (χ2v) is 10.3. The molecule has 5 aromatic rings. The van der Waals surface area contributed by atoms with Crippen molar-refractivity contribution in [3.05, 3.63) is 66.7 Å². The van der Waals surface area contributed by atoms with Gasteiger partial charge in [-0.15, -0.1) is 0 Å². The van der Waals surface area contributed by atoms with E-state index in [-0.39, 0.29) is 12.5 Å². The van der Waals surface area contributed by atoms with Gasteiger partial charge in [-0.3, -0.25) is 4.79 Å². The first-order chi connectivity index (χ1) is 17.9. The molecule has 0 aliphatic heterocycles. The molecule has 2 aromatic carbocycles. The molecule has 0 atom stereocenters. The average molecular weight is 517 g/mol. The molecule has 0 radical (unpaired) electrons. The number of aromatic nitrogens is 4. The van der Waals surface area contributed by atoms with E-state index in [1.165, 1.54) is 17.9 Å². The summed E-state index contributed by atoms with van der Waals surface area (Å²) >= 11 is 1.45. The Labute approximate surface area is 218 Å². The third-order valence-corrected chi connectivity index (χ3v) is 6.98. The molecule has 3 heterocycles. The van der Waals surface area contributed by atoms with Crippen LogP contribution in [0.3, 0.4) is 0 Å². The lowest BCUT2D eigenvalue weighted by Gasteiger charge is -2.20. The van der Waals surface area contributed by atoms with Crippen LogP contribution in [0.2, 0.25) is 0 Å². The number of amides is 1. The number of hydrogen-bond acceptors (Lipinski definition) is 8. The highest BCUT2D eigenvalue weighted by Gasteiger charge is 2.26. The van der Waals surface area contributed by atoms with Crippen LogP contribution in [0.15, 0.2) is 61.2 Å². The number of aliphatic hydroxyl groups is 1. The Morgan fingerprint density at radius 1 is 1.16 bits per heavy atom. The summed E-state index contributed by atoms with van der Waals surface area (Å²) in [6.07, 6.45) is 5.28.